The van der Waals surface area contributed by atoms with Crippen molar-refractivity contribution in [3.05, 3.63) is 15.6 Å². The molecule has 106 valence electrons. The zero-order chi connectivity index (χ0) is 13.1. The van der Waals surface area contributed by atoms with Crippen LogP contribution >= 0.6 is 11.3 Å². The summed E-state index contributed by atoms with van der Waals surface area (Å²) in [6.07, 6.45) is 9.14. The number of rotatable bonds is 7. The minimum absolute atomic E-state index is 0.747. The van der Waals surface area contributed by atoms with E-state index in [0.717, 1.165) is 31.5 Å². The quantitative estimate of drug-likeness (QED) is 0.832. The van der Waals surface area contributed by atoms with Gasteiger partial charge in [0.05, 0.1) is 17.3 Å². The summed E-state index contributed by atoms with van der Waals surface area (Å²) in [5.41, 5.74) is 1.39. The first kappa shape index (κ1) is 13.5. The fourth-order valence-electron chi connectivity index (χ4n) is 2.88. The maximum atomic E-state index is 5.16. The fraction of sp³-hybridized carbons (Fsp3) is 0.800. The van der Waals surface area contributed by atoms with Gasteiger partial charge in [0.1, 0.15) is 0 Å². The van der Waals surface area contributed by atoms with Crippen molar-refractivity contribution in [2.45, 2.75) is 63.5 Å². The van der Waals surface area contributed by atoms with Crippen molar-refractivity contribution in [2.75, 3.05) is 13.7 Å². The Kier molecular flexibility index (Phi) is 4.51. The largest absolute Gasteiger partial charge is 0.384 e. The molecule has 1 heterocycles. The van der Waals surface area contributed by atoms with Crippen LogP contribution in [0.25, 0.3) is 0 Å². The Bertz CT molecular complexity index is 408. The summed E-state index contributed by atoms with van der Waals surface area (Å²) in [7, 11) is 1.76. The molecule has 0 bridgehead atoms. The molecule has 3 rings (SSSR count). The van der Waals surface area contributed by atoms with Crippen LogP contribution in [0.4, 0.5) is 0 Å². The van der Waals surface area contributed by atoms with Crippen molar-refractivity contribution >= 4 is 11.3 Å². The summed E-state index contributed by atoms with van der Waals surface area (Å²) in [6.45, 7) is 1.81. The zero-order valence-corrected chi connectivity index (χ0v) is 12.6. The highest BCUT2D eigenvalue weighted by atomic mass is 32.1. The molecule has 0 unspecified atom stereocenters. The third-order valence-corrected chi connectivity index (χ3v) is 5.29. The topological polar surface area (TPSA) is 34.1 Å². The molecule has 0 saturated heterocycles. The Morgan fingerprint density at radius 1 is 1.26 bits per heavy atom. The van der Waals surface area contributed by atoms with Crippen LogP contribution in [-0.2, 0) is 17.7 Å². The number of hydrogen-bond acceptors (Lipinski definition) is 4. The van der Waals surface area contributed by atoms with Crippen molar-refractivity contribution in [3.8, 4) is 0 Å². The van der Waals surface area contributed by atoms with E-state index in [1.54, 1.807) is 7.11 Å². The van der Waals surface area contributed by atoms with E-state index < -0.39 is 0 Å². The van der Waals surface area contributed by atoms with Crippen molar-refractivity contribution in [3.63, 3.8) is 0 Å². The van der Waals surface area contributed by atoms with E-state index in [0.29, 0.717) is 0 Å². The van der Waals surface area contributed by atoms with Gasteiger partial charge in [0, 0.05) is 36.9 Å². The Labute approximate surface area is 119 Å². The van der Waals surface area contributed by atoms with Gasteiger partial charge in [-0.1, -0.05) is 12.8 Å². The summed E-state index contributed by atoms with van der Waals surface area (Å²) < 4.78 is 5.16. The highest BCUT2D eigenvalue weighted by Crippen LogP contribution is 2.42. The first-order valence-corrected chi connectivity index (χ1v) is 8.39. The molecule has 4 heteroatoms. The average molecular weight is 280 g/mol. The lowest BCUT2D eigenvalue weighted by atomic mass is 10.2. The summed E-state index contributed by atoms with van der Waals surface area (Å²) in [4.78, 5) is 6.34. The lowest BCUT2D eigenvalue weighted by Crippen LogP contribution is -2.25. The zero-order valence-electron chi connectivity index (χ0n) is 11.8. The van der Waals surface area contributed by atoms with E-state index in [1.165, 1.54) is 54.1 Å². The second kappa shape index (κ2) is 6.33. The molecular weight excluding hydrogens is 256 g/mol. The van der Waals surface area contributed by atoms with Crippen LogP contribution in [0, 0.1) is 0 Å². The standard InChI is InChI=1S/C15H24N2OS/c1-18-9-8-14-17-15(11-6-7-11)13(19-14)10-16-12-4-2-3-5-12/h11-12,16H,2-10H2,1H3. The molecule has 2 aliphatic carbocycles. The maximum absolute atomic E-state index is 5.16. The molecule has 0 amide bonds. The second-order valence-corrected chi connectivity index (χ2v) is 6.96. The minimum atomic E-state index is 0.747. The van der Waals surface area contributed by atoms with Crippen LogP contribution in [-0.4, -0.2) is 24.7 Å². The monoisotopic (exact) mass is 280 g/mol. The van der Waals surface area contributed by atoms with E-state index in [2.05, 4.69) is 5.32 Å². The normalized spacial score (nSPS) is 20.3. The van der Waals surface area contributed by atoms with Gasteiger partial charge in [0.15, 0.2) is 0 Å². The number of nitrogens with one attached hydrogen (secondary N) is 1. The highest BCUT2D eigenvalue weighted by molar-refractivity contribution is 7.11. The average Bonchev–Trinajstić information content (AvgIpc) is 2.99. The number of nitrogens with zero attached hydrogens (tertiary/aromatic N) is 1. The molecule has 2 saturated carbocycles. The molecule has 3 nitrogen and oxygen atoms in total. The SMILES string of the molecule is COCCc1nc(C2CC2)c(CNC2CCCC2)s1. The van der Waals surface area contributed by atoms with Crippen LogP contribution in [0.3, 0.4) is 0 Å². The Balaban J connectivity index is 1.62. The first-order valence-electron chi connectivity index (χ1n) is 7.57. The maximum Gasteiger partial charge on any atom is 0.0954 e. The van der Waals surface area contributed by atoms with Gasteiger partial charge in [-0.2, -0.15) is 0 Å². The molecule has 0 aliphatic heterocycles. The second-order valence-electron chi connectivity index (χ2n) is 5.80. The molecule has 2 fully saturated rings. The highest BCUT2D eigenvalue weighted by Gasteiger charge is 2.29. The van der Waals surface area contributed by atoms with Gasteiger partial charge in [0.2, 0.25) is 0 Å². The molecule has 0 aromatic carbocycles. The van der Waals surface area contributed by atoms with Gasteiger partial charge in [0.25, 0.3) is 0 Å². The molecule has 1 aromatic rings. The molecule has 1 aromatic heterocycles. The van der Waals surface area contributed by atoms with Crippen molar-refractivity contribution < 1.29 is 4.74 Å². The minimum Gasteiger partial charge on any atom is -0.384 e. The Morgan fingerprint density at radius 2 is 2.05 bits per heavy atom. The van der Waals surface area contributed by atoms with Gasteiger partial charge in [-0.3, -0.25) is 0 Å². The number of aromatic nitrogens is 1. The fourth-order valence-corrected chi connectivity index (χ4v) is 3.97. The summed E-state index contributed by atoms with van der Waals surface area (Å²) in [6, 6.07) is 0.747. The molecule has 2 aliphatic rings. The molecule has 0 atom stereocenters. The van der Waals surface area contributed by atoms with Gasteiger partial charge in [-0.25, -0.2) is 4.98 Å². The van der Waals surface area contributed by atoms with Crippen LogP contribution in [0.2, 0.25) is 0 Å². The number of hydrogen-bond donors (Lipinski definition) is 1. The third-order valence-electron chi connectivity index (χ3n) is 4.16. The molecule has 0 radical (unpaired) electrons. The predicted molar refractivity (Wildman–Crippen MR) is 78.8 cm³/mol. The van der Waals surface area contributed by atoms with Gasteiger partial charge in [-0.05, 0) is 25.7 Å². The van der Waals surface area contributed by atoms with Crippen molar-refractivity contribution in [2.24, 2.45) is 0 Å². The molecule has 1 N–H and O–H groups in total. The number of ether oxygens (including phenoxy) is 1. The lowest BCUT2D eigenvalue weighted by Gasteiger charge is -2.11. The molecule has 19 heavy (non-hydrogen) atoms. The van der Waals surface area contributed by atoms with Crippen molar-refractivity contribution in [1.29, 1.82) is 0 Å². The van der Waals surface area contributed by atoms with Crippen LogP contribution in [0.1, 0.15) is 60.0 Å². The van der Waals surface area contributed by atoms with Gasteiger partial charge in [-0.15, -0.1) is 11.3 Å². The summed E-state index contributed by atoms with van der Waals surface area (Å²) >= 11 is 1.90. The Hall–Kier alpha value is -0.450. The third kappa shape index (κ3) is 3.56. The molecular formula is C15H24N2OS. The predicted octanol–water partition coefficient (Wildman–Crippen LogP) is 3.24. The van der Waals surface area contributed by atoms with Gasteiger partial charge < -0.3 is 10.1 Å². The van der Waals surface area contributed by atoms with E-state index in [-0.39, 0.29) is 0 Å². The van der Waals surface area contributed by atoms with Crippen LogP contribution < -0.4 is 5.32 Å². The van der Waals surface area contributed by atoms with Crippen LogP contribution in [0.5, 0.6) is 0 Å². The number of thiazole rings is 1. The van der Waals surface area contributed by atoms with E-state index in [1.807, 2.05) is 11.3 Å². The lowest BCUT2D eigenvalue weighted by molar-refractivity contribution is 0.202. The molecule has 0 spiro atoms. The first-order chi connectivity index (χ1) is 9.36. The Morgan fingerprint density at radius 3 is 2.74 bits per heavy atom. The summed E-state index contributed by atoms with van der Waals surface area (Å²) in [5.74, 6) is 0.757. The smallest absolute Gasteiger partial charge is 0.0954 e. The van der Waals surface area contributed by atoms with Gasteiger partial charge >= 0.3 is 0 Å². The van der Waals surface area contributed by atoms with E-state index in [9.17, 15) is 0 Å². The van der Waals surface area contributed by atoms with Crippen molar-refractivity contribution in [1.82, 2.24) is 10.3 Å². The summed E-state index contributed by atoms with van der Waals surface area (Å²) in [5, 5.41) is 4.99. The number of methoxy groups -OCH3 is 1. The van der Waals surface area contributed by atoms with E-state index in [4.69, 9.17) is 9.72 Å². The van der Waals surface area contributed by atoms with E-state index >= 15 is 0 Å². The van der Waals surface area contributed by atoms with Crippen LogP contribution in [0.15, 0.2) is 0 Å².